The van der Waals surface area contributed by atoms with Crippen LogP contribution in [0.3, 0.4) is 0 Å². The summed E-state index contributed by atoms with van der Waals surface area (Å²) in [6.45, 7) is 2.16. The number of nitrogens with zero attached hydrogens (tertiary/aromatic N) is 3. The standard InChI is InChI=1S/C15H23N3O3/c1-2-15(12-21-11-5-10-18,13(19)6-3-8-16)14(20)7-4-9-17/h13-14,19-20H,2-7,11-12H2,1H3. The van der Waals surface area contributed by atoms with Gasteiger partial charge in [-0.3, -0.25) is 0 Å². The summed E-state index contributed by atoms with van der Waals surface area (Å²) in [7, 11) is 0. The number of rotatable bonds is 11. The summed E-state index contributed by atoms with van der Waals surface area (Å²) >= 11 is 0. The van der Waals surface area contributed by atoms with Crippen molar-refractivity contribution in [3.05, 3.63) is 0 Å². The van der Waals surface area contributed by atoms with Gasteiger partial charge < -0.3 is 14.9 Å². The van der Waals surface area contributed by atoms with Gasteiger partial charge in [-0.2, -0.15) is 15.8 Å². The molecule has 0 aliphatic rings. The first-order valence-corrected chi connectivity index (χ1v) is 7.13. The van der Waals surface area contributed by atoms with E-state index in [-0.39, 0.29) is 45.3 Å². The van der Waals surface area contributed by atoms with Crippen molar-refractivity contribution in [3.63, 3.8) is 0 Å². The minimum absolute atomic E-state index is 0.102. The van der Waals surface area contributed by atoms with Crippen LogP contribution in [0.1, 0.15) is 45.4 Å². The molecule has 0 aliphatic carbocycles. The molecule has 2 unspecified atom stereocenters. The summed E-state index contributed by atoms with van der Waals surface area (Å²) in [5.74, 6) is 0. The number of hydrogen-bond donors (Lipinski definition) is 2. The van der Waals surface area contributed by atoms with E-state index in [0.29, 0.717) is 6.42 Å². The molecule has 21 heavy (non-hydrogen) atoms. The predicted molar refractivity (Wildman–Crippen MR) is 75.5 cm³/mol. The maximum Gasteiger partial charge on any atom is 0.0653 e. The molecule has 0 amide bonds. The molecule has 0 fully saturated rings. The average Bonchev–Trinajstić information content (AvgIpc) is 2.50. The maximum atomic E-state index is 10.4. The minimum atomic E-state index is -0.914. The van der Waals surface area contributed by atoms with Crippen LogP contribution < -0.4 is 0 Å². The summed E-state index contributed by atoms with van der Waals surface area (Å²) in [4.78, 5) is 0. The average molecular weight is 293 g/mol. The fraction of sp³-hybridized carbons (Fsp3) is 0.800. The minimum Gasteiger partial charge on any atom is -0.392 e. The number of aliphatic hydroxyl groups excluding tert-OH is 2. The Kier molecular flexibility index (Phi) is 10.2. The van der Waals surface area contributed by atoms with E-state index in [1.165, 1.54) is 0 Å². The van der Waals surface area contributed by atoms with Crippen molar-refractivity contribution in [3.8, 4) is 18.2 Å². The Labute approximate surface area is 126 Å². The van der Waals surface area contributed by atoms with E-state index in [4.69, 9.17) is 20.5 Å². The van der Waals surface area contributed by atoms with Gasteiger partial charge in [-0.1, -0.05) is 6.92 Å². The predicted octanol–water partition coefficient (Wildman–Crippen LogP) is 1.64. The molecular weight excluding hydrogens is 270 g/mol. The fourth-order valence-electron chi connectivity index (χ4n) is 2.35. The van der Waals surface area contributed by atoms with Gasteiger partial charge in [0, 0.05) is 18.3 Å². The summed E-state index contributed by atoms with van der Waals surface area (Å²) in [5, 5.41) is 46.5. The maximum absolute atomic E-state index is 10.4. The van der Waals surface area contributed by atoms with Crippen molar-refractivity contribution < 1.29 is 14.9 Å². The Morgan fingerprint density at radius 3 is 1.81 bits per heavy atom. The highest BCUT2D eigenvalue weighted by atomic mass is 16.5. The van der Waals surface area contributed by atoms with Crippen LogP contribution in [-0.2, 0) is 4.74 Å². The summed E-state index contributed by atoms with van der Waals surface area (Å²) < 4.78 is 5.42. The normalized spacial score (nSPS) is 16.0. The Hall–Kier alpha value is -1.65. The lowest BCUT2D eigenvalue weighted by molar-refractivity contribution is -0.120. The van der Waals surface area contributed by atoms with Crippen LogP contribution >= 0.6 is 0 Å². The zero-order valence-corrected chi connectivity index (χ0v) is 12.5. The van der Waals surface area contributed by atoms with Crippen molar-refractivity contribution in [1.82, 2.24) is 0 Å². The summed E-state index contributed by atoms with van der Waals surface area (Å²) in [5.41, 5.74) is -0.914. The van der Waals surface area contributed by atoms with Gasteiger partial charge >= 0.3 is 0 Å². The molecule has 0 aromatic carbocycles. The van der Waals surface area contributed by atoms with Gasteiger partial charge in [0.05, 0.1) is 50.1 Å². The molecule has 0 saturated carbocycles. The highest BCUT2D eigenvalue weighted by molar-refractivity contribution is 4.94. The smallest absolute Gasteiger partial charge is 0.0653 e. The lowest BCUT2D eigenvalue weighted by atomic mass is 9.72. The van der Waals surface area contributed by atoms with Crippen molar-refractivity contribution in [2.24, 2.45) is 5.41 Å². The Morgan fingerprint density at radius 1 is 0.952 bits per heavy atom. The molecule has 6 nitrogen and oxygen atoms in total. The molecule has 0 bridgehead atoms. The third-order valence-electron chi connectivity index (χ3n) is 3.77. The van der Waals surface area contributed by atoms with Gasteiger partial charge in [-0.05, 0) is 19.3 Å². The van der Waals surface area contributed by atoms with Gasteiger partial charge in [0.1, 0.15) is 0 Å². The lowest BCUT2D eigenvalue weighted by Gasteiger charge is -2.40. The van der Waals surface area contributed by atoms with E-state index in [0.717, 1.165) is 0 Å². The van der Waals surface area contributed by atoms with E-state index in [2.05, 4.69) is 0 Å². The first-order chi connectivity index (χ1) is 10.1. The highest BCUT2D eigenvalue weighted by Crippen LogP contribution is 2.36. The van der Waals surface area contributed by atoms with Crippen molar-refractivity contribution in [2.75, 3.05) is 13.2 Å². The molecule has 0 saturated heterocycles. The number of aliphatic hydroxyl groups is 2. The molecule has 0 spiro atoms. The SMILES string of the molecule is CCC(COCCC#N)(C(O)CCC#N)C(O)CCC#N. The molecule has 0 rings (SSSR count). The number of ether oxygens (including phenoxy) is 1. The van der Waals surface area contributed by atoms with E-state index in [9.17, 15) is 10.2 Å². The quantitative estimate of drug-likeness (QED) is 0.558. The zero-order chi connectivity index (χ0) is 16.1. The Balaban J connectivity index is 4.95. The second-order valence-electron chi connectivity index (χ2n) is 4.97. The summed E-state index contributed by atoms with van der Waals surface area (Å²) in [6.07, 6.45) is -0.222. The monoisotopic (exact) mass is 293 g/mol. The van der Waals surface area contributed by atoms with Crippen molar-refractivity contribution in [1.29, 1.82) is 15.8 Å². The molecule has 116 valence electrons. The molecular formula is C15H23N3O3. The van der Waals surface area contributed by atoms with Crippen LogP contribution in [0, 0.1) is 39.4 Å². The molecule has 6 heteroatoms. The zero-order valence-electron chi connectivity index (χ0n) is 12.5. The molecule has 2 N–H and O–H groups in total. The first-order valence-electron chi connectivity index (χ1n) is 7.13. The molecule has 0 heterocycles. The molecule has 0 radical (unpaired) electrons. The van der Waals surface area contributed by atoms with Crippen molar-refractivity contribution in [2.45, 2.75) is 57.7 Å². The topological polar surface area (TPSA) is 121 Å². The lowest BCUT2D eigenvalue weighted by Crippen LogP contribution is -2.48. The largest absolute Gasteiger partial charge is 0.392 e. The van der Waals surface area contributed by atoms with Crippen LogP contribution in [0.5, 0.6) is 0 Å². The summed E-state index contributed by atoms with van der Waals surface area (Å²) in [6, 6.07) is 5.91. The molecule has 0 aromatic heterocycles. The first kappa shape index (κ1) is 19.4. The van der Waals surface area contributed by atoms with Crippen LogP contribution in [0.15, 0.2) is 0 Å². The van der Waals surface area contributed by atoms with Gasteiger partial charge in [-0.15, -0.1) is 0 Å². The third-order valence-corrected chi connectivity index (χ3v) is 3.77. The van der Waals surface area contributed by atoms with E-state index in [1.54, 1.807) is 0 Å². The molecule has 0 aliphatic heterocycles. The second kappa shape index (κ2) is 11.1. The van der Waals surface area contributed by atoms with E-state index in [1.807, 2.05) is 25.1 Å². The Bertz CT molecular complexity index is 382. The van der Waals surface area contributed by atoms with E-state index < -0.39 is 17.6 Å². The fourth-order valence-corrected chi connectivity index (χ4v) is 2.35. The third kappa shape index (κ3) is 6.10. The van der Waals surface area contributed by atoms with Gasteiger partial charge in [0.15, 0.2) is 0 Å². The van der Waals surface area contributed by atoms with Crippen LogP contribution in [0.2, 0.25) is 0 Å². The van der Waals surface area contributed by atoms with E-state index >= 15 is 0 Å². The number of hydrogen-bond acceptors (Lipinski definition) is 6. The highest BCUT2D eigenvalue weighted by Gasteiger charge is 2.42. The molecule has 2 atom stereocenters. The van der Waals surface area contributed by atoms with Crippen LogP contribution in [0.4, 0.5) is 0 Å². The number of nitriles is 3. The molecule has 0 aromatic rings. The van der Waals surface area contributed by atoms with Gasteiger partial charge in [-0.25, -0.2) is 0 Å². The van der Waals surface area contributed by atoms with Gasteiger partial charge in [0.25, 0.3) is 0 Å². The van der Waals surface area contributed by atoms with Crippen molar-refractivity contribution >= 4 is 0 Å². The second-order valence-corrected chi connectivity index (χ2v) is 4.97. The van der Waals surface area contributed by atoms with Crippen LogP contribution in [0.25, 0.3) is 0 Å². The Morgan fingerprint density at radius 2 is 1.43 bits per heavy atom. The van der Waals surface area contributed by atoms with Crippen LogP contribution in [-0.4, -0.2) is 35.6 Å². The van der Waals surface area contributed by atoms with Gasteiger partial charge in [0.2, 0.25) is 0 Å².